The maximum Gasteiger partial charge on any atom is 0.320 e. The Morgan fingerprint density at radius 3 is 2.59 bits per heavy atom. The van der Waals surface area contributed by atoms with Gasteiger partial charge in [0.05, 0.1) is 12.6 Å². The van der Waals surface area contributed by atoms with E-state index in [9.17, 15) is 4.79 Å². The Hall–Kier alpha value is -0.610. The highest BCUT2D eigenvalue weighted by atomic mass is 16.5. The van der Waals surface area contributed by atoms with Crippen LogP contribution in [0.1, 0.15) is 33.1 Å². The van der Waals surface area contributed by atoms with Crippen LogP contribution in [0, 0.1) is 5.92 Å². The number of piperidine rings is 1. The van der Waals surface area contributed by atoms with Crippen molar-refractivity contribution in [1.82, 2.24) is 10.2 Å². The molecule has 0 spiro atoms. The number of nitrogens with zero attached hydrogens (tertiary/aromatic N) is 1. The highest BCUT2D eigenvalue weighted by molar-refractivity contribution is 5.71. The Morgan fingerprint density at radius 1 is 1.41 bits per heavy atom. The predicted molar refractivity (Wildman–Crippen MR) is 68.9 cm³/mol. The lowest BCUT2D eigenvalue weighted by atomic mass is 9.93. The average Bonchev–Trinajstić information content (AvgIpc) is 2.27. The fourth-order valence-electron chi connectivity index (χ4n) is 2.26. The first-order chi connectivity index (χ1) is 8.11. The Kier molecular flexibility index (Phi) is 6.52. The summed E-state index contributed by atoms with van der Waals surface area (Å²) in [6.45, 7) is 7.39. The maximum atomic E-state index is 11.5. The van der Waals surface area contributed by atoms with Crippen LogP contribution in [0.25, 0.3) is 0 Å². The molecule has 0 aliphatic carbocycles. The summed E-state index contributed by atoms with van der Waals surface area (Å²) in [5, 5.41) is 3.19. The smallest absolute Gasteiger partial charge is 0.320 e. The molecular formula is C13H26N2O2. The van der Waals surface area contributed by atoms with Crippen molar-refractivity contribution < 1.29 is 9.53 Å². The molecular weight excluding hydrogens is 216 g/mol. The Labute approximate surface area is 105 Å². The summed E-state index contributed by atoms with van der Waals surface area (Å²) in [4.78, 5) is 13.7. The first kappa shape index (κ1) is 14.5. The van der Waals surface area contributed by atoms with Crippen molar-refractivity contribution in [2.24, 2.45) is 5.92 Å². The van der Waals surface area contributed by atoms with Gasteiger partial charge in [0.1, 0.15) is 0 Å². The summed E-state index contributed by atoms with van der Waals surface area (Å²) in [6.07, 6.45) is 3.66. The summed E-state index contributed by atoms with van der Waals surface area (Å²) in [7, 11) is 2.00. The quantitative estimate of drug-likeness (QED) is 0.712. The van der Waals surface area contributed by atoms with E-state index in [1.807, 2.05) is 20.9 Å². The normalized spacial score (nSPS) is 18.6. The molecule has 1 aliphatic heterocycles. The lowest BCUT2D eigenvalue weighted by Crippen LogP contribution is -2.38. The molecule has 1 aliphatic rings. The van der Waals surface area contributed by atoms with Crippen molar-refractivity contribution in [2.45, 2.75) is 39.2 Å². The molecule has 0 radical (unpaired) electrons. The molecule has 0 amide bonds. The van der Waals surface area contributed by atoms with E-state index in [1.54, 1.807) is 0 Å². The summed E-state index contributed by atoms with van der Waals surface area (Å²) in [5.41, 5.74) is 0. The van der Waals surface area contributed by atoms with E-state index in [0.29, 0.717) is 6.54 Å². The monoisotopic (exact) mass is 242 g/mol. The second-order valence-corrected chi connectivity index (χ2v) is 5.15. The van der Waals surface area contributed by atoms with Crippen LogP contribution >= 0.6 is 0 Å². The van der Waals surface area contributed by atoms with Crippen molar-refractivity contribution in [3.8, 4) is 0 Å². The molecule has 1 N–H and O–H groups in total. The van der Waals surface area contributed by atoms with Gasteiger partial charge < -0.3 is 10.1 Å². The zero-order valence-corrected chi connectivity index (χ0v) is 11.4. The molecule has 0 aromatic rings. The van der Waals surface area contributed by atoms with Gasteiger partial charge in [0.25, 0.3) is 0 Å². The van der Waals surface area contributed by atoms with Gasteiger partial charge >= 0.3 is 5.97 Å². The third-order valence-corrected chi connectivity index (χ3v) is 3.23. The summed E-state index contributed by atoms with van der Waals surface area (Å²) >= 11 is 0. The van der Waals surface area contributed by atoms with E-state index < -0.39 is 0 Å². The van der Waals surface area contributed by atoms with E-state index in [2.05, 4.69) is 10.2 Å². The summed E-state index contributed by atoms with van der Waals surface area (Å²) < 4.78 is 5.15. The average molecular weight is 242 g/mol. The molecule has 0 unspecified atom stereocenters. The van der Waals surface area contributed by atoms with Crippen LogP contribution in [-0.2, 0) is 9.53 Å². The molecule has 0 bridgehead atoms. The van der Waals surface area contributed by atoms with Gasteiger partial charge in [-0.3, -0.25) is 9.69 Å². The number of ether oxygens (including phenoxy) is 1. The summed E-state index contributed by atoms with van der Waals surface area (Å²) in [5.74, 6) is 0.730. The van der Waals surface area contributed by atoms with Crippen LogP contribution in [-0.4, -0.2) is 50.2 Å². The molecule has 100 valence electrons. The van der Waals surface area contributed by atoms with Gasteiger partial charge in [0.2, 0.25) is 0 Å². The fourth-order valence-corrected chi connectivity index (χ4v) is 2.26. The zero-order valence-electron chi connectivity index (χ0n) is 11.4. The first-order valence-corrected chi connectivity index (χ1v) is 6.68. The second-order valence-electron chi connectivity index (χ2n) is 5.15. The standard InChI is InChI=1S/C13H26N2O2/c1-11(2)17-13(16)10-15-8-5-12(6-9-15)4-7-14-3/h11-12,14H,4-10H2,1-3H3. The molecule has 1 rings (SSSR count). The van der Waals surface area contributed by atoms with Gasteiger partial charge in [-0.1, -0.05) is 0 Å². The lowest BCUT2D eigenvalue weighted by Gasteiger charge is -2.31. The molecule has 0 aromatic heterocycles. The molecule has 0 atom stereocenters. The van der Waals surface area contributed by atoms with E-state index in [4.69, 9.17) is 4.74 Å². The minimum absolute atomic E-state index is 0.00401. The topological polar surface area (TPSA) is 41.6 Å². The third-order valence-electron chi connectivity index (χ3n) is 3.23. The fraction of sp³-hybridized carbons (Fsp3) is 0.923. The number of hydrogen-bond acceptors (Lipinski definition) is 4. The number of esters is 1. The highest BCUT2D eigenvalue weighted by Crippen LogP contribution is 2.19. The van der Waals surface area contributed by atoms with Gasteiger partial charge in [-0.25, -0.2) is 0 Å². The van der Waals surface area contributed by atoms with Crippen LogP contribution in [0.2, 0.25) is 0 Å². The molecule has 0 saturated carbocycles. The lowest BCUT2D eigenvalue weighted by molar-refractivity contribution is -0.149. The van der Waals surface area contributed by atoms with E-state index in [1.165, 1.54) is 19.3 Å². The Morgan fingerprint density at radius 2 is 2.06 bits per heavy atom. The number of rotatable bonds is 6. The van der Waals surface area contributed by atoms with Crippen molar-refractivity contribution in [1.29, 1.82) is 0 Å². The van der Waals surface area contributed by atoms with E-state index in [-0.39, 0.29) is 12.1 Å². The molecule has 4 heteroatoms. The first-order valence-electron chi connectivity index (χ1n) is 6.68. The number of hydrogen-bond donors (Lipinski definition) is 1. The van der Waals surface area contributed by atoms with Crippen LogP contribution in [0.5, 0.6) is 0 Å². The highest BCUT2D eigenvalue weighted by Gasteiger charge is 2.21. The van der Waals surface area contributed by atoms with Crippen molar-refractivity contribution >= 4 is 5.97 Å². The SMILES string of the molecule is CNCCC1CCN(CC(=O)OC(C)C)CC1. The van der Waals surface area contributed by atoms with Crippen molar-refractivity contribution in [3.63, 3.8) is 0 Å². The van der Waals surface area contributed by atoms with Crippen molar-refractivity contribution in [2.75, 3.05) is 33.2 Å². The third kappa shape index (κ3) is 6.03. The van der Waals surface area contributed by atoms with Crippen LogP contribution in [0.15, 0.2) is 0 Å². The number of nitrogens with one attached hydrogen (secondary N) is 1. The Bertz CT molecular complexity index is 223. The molecule has 17 heavy (non-hydrogen) atoms. The van der Waals surface area contributed by atoms with E-state index >= 15 is 0 Å². The molecule has 4 nitrogen and oxygen atoms in total. The van der Waals surface area contributed by atoms with E-state index in [0.717, 1.165) is 25.6 Å². The summed E-state index contributed by atoms with van der Waals surface area (Å²) in [6, 6.07) is 0. The minimum atomic E-state index is -0.0892. The molecule has 1 heterocycles. The number of likely N-dealkylation sites (tertiary alicyclic amines) is 1. The van der Waals surface area contributed by atoms with Crippen LogP contribution in [0.4, 0.5) is 0 Å². The zero-order chi connectivity index (χ0) is 12.7. The van der Waals surface area contributed by atoms with Crippen LogP contribution in [0.3, 0.4) is 0 Å². The largest absolute Gasteiger partial charge is 0.462 e. The molecule has 1 fully saturated rings. The van der Waals surface area contributed by atoms with Gasteiger partial charge in [0, 0.05) is 0 Å². The van der Waals surface area contributed by atoms with Gasteiger partial charge in [-0.15, -0.1) is 0 Å². The van der Waals surface area contributed by atoms with Crippen molar-refractivity contribution in [3.05, 3.63) is 0 Å². The van der Waals surface area contributed by atoms with Crippen LogP contribution < -0.4 is 5.32 Å². The second kappa shape index (κ2) is 7.67. The van der Waals surface area contributed by atoms with Gasteiger partial charge in [0.15, 0.2) is 0 Å². The van der Waals surface area contributed by atoms with Gasteiger partial charge in [-0.2, -0.15) is 0 Å². The molecule has 0 aromatic carbocycles. The maximum absolute atomic E-state index is 11.5. The Balaban J connectivity index is 2.16. The number of carbonyl (C=O) groups excluding carboxylic acids is 1. The van der Waals surface area contributed by atoms with Gasteiger partial charge in [-0.05, 0) is 65.7 Å². The predicted octanol–water partition coefficient (Wildman–Crippen LogP) is 1.26. The minimum Gasteiger partial charge on any atom is -0.462 e. The number of carbonyl (C=O) groups is 1. The molecule has 1 saturated heterocycles.